The van der Waals surface area contributed by atoms with Crippen LogP contribution in [0.2, 0.25) is 0 Å². The predicted molar refractivity (Wildman–Crippen MR) is 163 cm³/mol. The number of hydrogen-bond acceptors (Lipinski definition) is 8. The van der Waals surface area contributed by atoms with E-state index in [1.165, 1.54) is 0 Å². The number of rotatable bonds is 10. The Hall–Kier alpha value is -3.92. The molecule has 234 valence electrons. The Labute approximate surface area is 258 Å². The summed E-state index contributed by atoms with van der Waals surface area (Å²) in [5.74, 6) is -1.92. The van der Waals surface area contributed by atoms with Gasteiger partial charge in [0.25, 0.3) is 11.8 Å². The first-order valence-electron chi connectivity index (χ1n) is 15.8. The van der Waals surface area contributed by atoms with Gasteiger partial charge in [0.05, 0.1) is 16.7 Å². The molecule has 1 aromatic carbocycles. The predicted octanol–water partition coefficient (Wildman–Crippen LogP) is 4.42. The first kappa shape index (κ1) is 31.5. The smallest absolute Gasteiger partial charge is 0.340 e. The van der Waals surface area contributed by atoms with E-state index < -0.39 is 29.4 Å². The van der Waals surface area contributed by atoms with Gasteiger partial charge >= 0.3 is 5.97 Å². The number of hydrogen-bond donors (Lipinski definition) is 1. The van der Waals surface area contributed by atoms with E-state index >= 15 is 0 Å². The largest absolute Gasteiger partial charge is 0.456 e. The van der Waals surface area contributed by atoms with Crippen molar-refractivity contribution in [2.24, 2.45) is 0 Å². The lowest BCUT2D eigenvalue weighted by Crippen LogP contribution is -2.54. The average molecular weight is 603 g/mol. The average Bonchev–Trinajstić information content (AvgIpc) is 3.23. The summed E-state index contributed by atoms with van der Waals surface area (Å²) in [5.41, 5.74) is 2.68. The van der Waals surface area contributed by atoms with Crippen LogP contribution in [0, 0.1) is 0 Å². The van der Waals surface area contributed by atoms with Crippen LogP contribution in [0.15, 0.2) is 36.5 Å². The number of nitrogens with zero attached hydrogens (tertiary/aromatic N) is 3. The van der Waals surface area contributed by atoms with E-state index in [0.29, 0.717) is 22.6 Å². The van der Waals surface area contributed by atoms with Crippen LogP contribution < -0.4 is 5.32 Å². The van der Waals surface area contributed by atoms with Gasteiger partial charge in [0.15, 0.2) is 0 Å². The SMILES string of the molecule is CC(C)(C)OC(=O)c1ccc(CCCCCCN2CCC(c3ccc4c(c3)C(=O)N(C3CCC(=O)NC3=O)C4=O)CC2)nc1. The van der Waals surface area contributed by atoms with Gasteiger partial charge in [-0.2, -0.15) is 0 Å². The lowest BCUT2D eigenvalue weighted by molar-refractivity contribution is -0.136. The maximum atomic E-state index is 13.2. The molecule has 0 aliphatic carbocycles. The molecular formula is C34H42N4O6. The molecule has 10 nitrogen and oxygen atoms in total. The van der Waals surface area contributed by atoms with Gasteiger partial charge in [0.2, 0.25) is 11.8 Å². The number of fused-ring (bicyclic) bond motifs is 1. The van der Waals surface area contributed by atoms with E-state index in [0.717, 1.165) is 80.7 Å². The van der Waals surface area contributed by atoms with E-state index in [-0.39, 0.29) is 24.7 Å². The number of carbonyl (C=O) groups excluding carboxylic acids is 5. The highest BCUT2D eigenvalue weighted by molar-refractivity contribution is 6.23. The number of likely N-dealkylation sites (tertiary alicyclic amines) is 1. The van der Waals surface area contributed by atoms with Crippen LogP contribution in [0.5, 0.6) is 0 Å². The molecule has 1 N–H and O–H groups in total. The number of amides is 4. The summed E-state index contributed by atoms with van der Waals surface area (Å²) in [4.78, 5) is 70.1. The van der Waals surface area contributed by atoms with Crippen molar-refractivity contribution in [1.29, 1.82) is 0 Å². The maximum Gasteiger partial charge on any atom is 0.340 e. The van der Waals surface area contributed by atoms with Gasteiger partial charge in [-0.1, -0.05) is 18.9 Å². The molecule has 4 heterocycles. The van der Waals surface area contributed by atoms with Crippen molar-refractivity contribution in [1.82, 2.24) is 20.1 Å². The van der Waals surface area contributed by atoms with Gasteiger partial charge < -0.3 is 9.64 Å². The molecule has 2 aromatic rings. The molecule has 1 atom stereocenters. The van der Waals surface area contributed by atoms with Crippen LogP contribution in [0.3, 0.4) is 0 Å². The summed E-state index contributed by atoms with van der Waals surface area (Å²) in [6.45, 7) is 8.59. The zero-order valence-electron chi connectivity index (χ0n) is 25.9. The van der Waals surface area contributed by atoms with Gasteiger partial charge in [-0.15, -0.1) is 0 Å². The lowest BCUT2D eigenvalue weighted by Gasteiger charge is -2.32. The quantitative estimate of drug-likeness (QED) is 0.241. The molecule has 44 heavy (non-hydrogen) atoms. The molecular weight excluding hydrogens is 560 g/mol. The van der Waals surface area contributed by atoms with Crippen LogP contribution in [-0.2, 0) is 20.7 Å². The van der Waals surface area contributed by atoms with Gasteiger partial charge in [-0.05, 0) is 115 Å². The highest BCUT2D eigenvalue weighted by atomic mass is 16.6. The molecule has 10 heteroatoms. The second-order valence-corrected chi connectivity index (χ2v) is 13.1. The van der Waals surface area contributed by atoms with E-state index in [4.69, 9.17) is 4.74 Å². The molecule has 0 radical (unpaired) electrons. The number of unbranched alkanes of at least 4 members (excludes halogenated alkanes) is 3. The van der Waals surface area contributed by atoms with Gasteiger partial charge in [-0.25, -0.2) is 4.79 Å². The topological polar surface area (TPSA) is 126 Å². The fraction of sp³-hybridized carbons (Fsp3) is 0.529. The normalized spacial score (nSPS) is 19.7. The van der Waals surface area contributed by atoms with Gasteiger partial charge in [0.1, 0.15) is 11.6 Å². The minimum Gasteiger partial charge on any atom is -0.456 e. The van der Waals surface area contributed by atoms with E-state index in [1.54, 1.807) is 18.3 Å². The molecule has 4 amide bonds. The van der Waals surface area contributed by atoms with E-state index in [9.17, 15) is 24.0 Å². The Morgan fingerprint density at radius 1 is 0.932 bits per heavy atom. The first-order chi connectivity index (χ1) is 21.0. The van der Waals surface area contributed by atoms with E-state index in [2.05, 4.69) is 15.2 Å². The number of pyridine rings is 1. The number of aryl methyl sites for hydroxylation is 1. The Bertz CT molecular complexity index is 1420. The third-order valence-corrected chi connectivity index (χ3v) is 8.64. The van der Waals surface area contributed by atoms with Crippen molar-refractivity contribution >= 4 is 29.6 Å². The van der Waals surface area contributed by atoms with Gasteiger partial charge in [0, 0.05) is 18.3 Å². The molecule has 1 unspecified atom stereocenters. The number of piperidine rings is 2. The monoisotopic (exact) mass is 602 g/mol. The zero-order chi connectivity index (χ0) is 31.4. The number of nitrogens with one attached hydrogen (secondary N) is 1. The molecule has 0 spiro atoms. The van der Waals surface area contributed by atoms with Gasteiger partial charge in [-0.3, -0.25) is 34.4 Å². The van der Waals surface area contributed by atoms with Crippen molar-refractivity contribution in [2.45, 2.75) is 96.1 Å². The summed E-state index contributed by atoms with van der Waals surface area (Å²) in [5, 5.41) is 2.24. The zero-order valence-corrected chi connectivity index (χ0v) is 25.9. The number of aromatic nitrogens is 1. The molecule has 5 rings (SSSR count). The van der Waals surface area contributed by atoms with Crippen LogP contribution in [0.1, 0.15) is 120 Å². The summed E-state index contributed by atoms with van der Waals surface area (Å²) in [6, 6.07) is 8.25. The Morgan fingerprint density at radius 3 is 2.34 bits per heavy atom. The third kappa shape index (κ3) is 7.41. The summed E-state index contributed by atoms with van der Waals surface area (Å²) >= 11 is 0. The Kier molecular flexibility index (Phi) is 9.58. The van der Waals surface area contributed by atoms with Crippen LogP contribution in [0.4, 0.5) is 0 Å². The van der Waals surface area contributed by atoms with Crippen molar-refractivity contribution in [2.75, 3.05) is 19.6 Å². The standard InChI is InChI=1S/C34H42N4O6/c1-34(2,3)44-33(43)24-9-11-25(35-21-24)8-6-4-5-7-17-37-18-15-22(16-19-37)23-10-12-26-27(20-23)32(42)38(31(26)41)28-13-14-29(39)36-30(28)40/h9-12,20-22,28H,4-8,13-19H2,1-3H3,(H,36,39,40). The second kappa shape index (κ2) is 13.4. The highest BCUT2D eigenvalue weighted by Gasteiger charge is 2.44. The second-order valence-electron chi connectivity index (χ2n) is 13.1. The Balaban J connectivity index is 1.02. The summed E-state index contributed by atoms with van der Waals surface area (Å²) in [6.07, 6.45) is 9.21. The number of esters is 1. The van der Waals surface area contributed by atoms with Crippen molar-refractivity contribution in [3.05, 3.63) is 64.5 Å². The fourth-order valence-electron chi connectivity index (χ4n) is 6.26. The third-order valence-electron chi connectivity index (χ3n) is 8.64. The van der Waals surface area contributed by atoms with Crippen LogP contribution in [-0.4, -0.2) is 75.7 Å². The van der Waals surface area contributed by atoms with Crippen molar-refractivity contribution in [3.8, 4) is 0 Å². The molecule has 3 aliphatic heterocycles. The first-order valence-corrected chi connectivity index (χ1v) is 15.8. The molecule has 2 saturated heterocycles. The minimum absolute atomic E-state index is 0.109. The van der Waals surface area contributed by atoms with E-state index in [1.807, 2.05) is 39.0 Å². The molecule has 0 saturated carbocycles. The van der Waals surface area contributed by atoms with Crippen LogP contribution in [0.25, 0.3) is 0 Å². The van der Waals surface area contributed by atoms with Crippen LogP contribution >= 0.6 is 0 Å². The minimum atomic E-state index is -0.944. The van der Waals surface area contributed by atoms with Crippen molar-refractivity contribution < 1.29 is 28.7 Å². The van der Waals surface area contributed by atoms with Crippen molar-refractivity contribution in [3.63, 3.8) is 0 Å². The Morgan fingerprint density at radius 2 is 1.66 bits per heavy atom. The maximum absolute atomic E-state index is 13.2. The molecule has 2 fully saturated rings. The number of ether oxygens (including phenoxy) is 1. The lowest BCUT2D eigenvalue weighted by atomic mass is 9.87. The summed E-state index contributed by atoms with van der Waals surface area (Å²) < 4.78 is 5.39. The molecule has 3 aliphatic rings. The molecule has 1 aromatic heterocycles. The highest BCUT2D eigenvalue weighted by Crippen LogP contribution is 2.33. The molecule has 0 bridgehead atoms. The number of benzene rings is 1. The summed E-state index contributed by atoms with van der Waals surface area (Å²) in [7, 11) is 0. The number of imide groups is 2. The number of carbonyl (C=O) groups is 5. The fourth-order valence-corrected chi connectivity index (χ4v) is 6.26.